The number of hydrogen-bond acceptors (Lipinski definition) is 0. The Hall–Kier alpha value is -0.990. The molecule has 1 heteroatoms. The van der Waals surface area contributed by atoms with Crippen LogP contribution in [0, 0.1) is 6.07 Å². The van der Waals surface area contributed by atoms with E-state index >= 15 is 0 Å². The lowest BCUT2D eigenvalue weighted by Gasteiger charge is -1.29. The van der Waals surface area contributed by atoms with Gasteiger partial charge in [-0.3, -0.25) is 0 Å². The second kappa shape index (κ2) is 3.01. The van der Waals surface area contributed by atoms with E-state index in [1.54, 1.807) is 0 Å². The molecule has 0 spiro atoms. The van der Waals surface area contributed by atoms with E-state index in [1.165, 1.54) is 6.08 Å². The molecule has 24 valence electrons. The molecule has 0 aliphatic rings. The van der Waals surface area contributed by atoms with Crippen LogP contribution in [-0.4, -0.2) is 0 Å². The Balaban J connectivity index is 3.46. The normalized spacial score (nSPS) is 3.80. The molecular weight excluding hydrogens is 62.1 g/mol. The van der Waals surface area contributed by atoms with Gasteiger partial charge in [-0.2, -0.15) is 0 Å². The zero-order valence-corrected chi connectivity index (χ0v) is 2.78. The third kappa shape index (κ3) is 3.01. The molecule has 0 aromatic carbocycles. The molecule has 0 amide bonds. The van der Waals surface area contributed by atoms with Crippen molar-refractivity contribution in [2.24, 2.45) is 0 Å². The van der Waals surface area contributed by atoms with Crippen molar-refractivity contribution < 1.29 is 5.26 Å². The first-order chi connectivity index (χ1) is 2.41. The van der Waals surface area contributed by atoms with Gasteiger partial charge in [0.15, 0.2) is 0 Å². The highest BCUT2D eigenvalue weighted by Crippen LogP contribution is 1.45. The summed E-state index contributed by atoms with van der Waals surface area (Å²) < 4.78 is 0. The van der Waals surface area contributed by atoms with Crippen molar-refractivity contribution in [1.82, 2.24) is 0 Å². The van der Waals surface area contributed by atoms with E-state index in [-0.39, 0.29) is 0 Å². The first-order valence-corrected chi connectivity index (χ1v) is 1.18. The van der Waals surface area contributed by atoms with Crippen molar-refractivity contribution in [3.05, 3.63) is 18.4 Å². The second-order valence-corrected chi connectivity index (χ2v) is 0.493. The van der Waals surface area contributed by atoms with E-state index < -0.39 is 0 Å². The molecule has 0 saturated carbocycles. The lowest BCUT2D eigenvalue weighted by Crippen LogP contribution is -2.15. The minimum absolute atomic E-state index is 1.31. The van der Waals surface area contributed by atoms with Crippen molar-refractivity contribution in [1.29, 1.82) is 0 Å². The van der Waals surface area contributed by atoms with Crippen molar-refractivity contribution >= 4 is 0 Å². The summed E-state index contributed by atoms with van der Waals surface area (Å²) in [6.45, 7) is 3.19. The van der Waals surface area contributed by atoms with E-state index in [0.29, 0.717) is 0 Å². The number of hydrogen-bond donors (Lipinski definition) is 1. The number of rotatable bonds is 0. The molecule has 0 unspecified atom stereocenters. The highest BCUT2D eigenvalue weighted by Gasteiger charge is 1.51. The van der Waals surface area contributed by atoms with Gasteiger partial charge in [0, 0.05) is 0 Å². The fourth-order valence-corrected chi connectivity index (χ4v) is 0.0510. The molecule has 0 aliphatic heterocycles. The first-order valence-electron chi connectivity index (χ1n) is 1.18. The Morgan fingerprint density at radius 3 is 2.40 bits per heavy atom. The molecule has 5 heavy (non-hydrogen) atoms. The number of allylic oxidation sites excluding steroid dienone is 1. The quantitative estimate of drug-likeness (QED) is 0.280. The molecule has 0 rings (SSSR count). The van der Waals surface area contributed by atoms with Crippen molar-refractivity contribution in [3.8, 4) is 6.07 Å². The fourth-order valence-electron chi connectivity index (χ4n) is 0.0510. The summed E-state index contributed by atoms with van der Waals surface area (Å²) >= 11 is 0. The van der Waals surface area contributed by atoms with E-state index in [9.17, 15) is 0 Å². The third-order valence-corrected chi connectivity index (χ3v) is 0.174. The van der Waals surface area contributed by atoms with E-state index in [0.717, 1.165) is 0 Å². The van der Waals surface area contributed by atoms with Crippen molar-refractivity contribution in [2.75, 3.05) is 0 Å². The molecule has 0 aliphatic carbocycles. The smallest absolute Gasteiger partial charge is 0.113 e. The SMILES string of the molecule is C=C=CC#[NH+]. The predicted octanol–water partition coefficient (Wildman–Crippen LogP) is -0.900. The van der Waals surface area contributed by atoms with Crippen LogP contribution in [0.5, 0.6) is 0 Å². The summed E-state index contributed by atoms with van der Waals surface area (Å²) in [6, 6.07) is 1.97. The highest BCUT2D eigenvalue weighted by molar-refractivity contribution is 4.96. The minimum atomic E-state index is 1.31. The molecule has 1 N–H and O–H groups in total. The average molecular weight is 66.1 g/mol. The standard InChI is InChI=1S/C4H3N/c1-2-3-4-5/h3H,1H2/p+1. The van der Waals surface area contributed by atoms with Crippen LogP contribution < -0.4 is 5.26 Å². The zero-order valence-electron chi connectivity index (χ0n) is 2.78. The van der Waals surface area contributed by atoms with Gasteiger partial charge in [-0.25, -0.2) is 0 Å². The molecular formula is C4H4N+. The Bertz CT molecular complexity index is 90.7. The molecule has 0 fully saturated rings. The fraction of sp³-hybridized carbons (Fsp3) is 0. The van der Waals surface area contributed by atoms with Gasteiger partial charge in [-0.05, 0) is 0 Å². The van der Waals surface area contributed by atoms with Gasteiger partial charge in [0.1, 0.15) is 6.08 Å². The molecule has 0 aromatic heterocycles. The molecule has 0 bridgehead atoms. The van der Waals surface area contributed by atoms with Crippen LogP contribution in [0.2, 0.25) is 0 Å². The van der Waals surface area contributed by atoms with Gasteiger partial charge < -0.3 is 0 Å². The van der Waals surface area contributed by atoms with Crippen LogP contribution in [-0.2, 0) is 0 Å². The van der Waals surface area contributed by atoms with Gasteiger partial charge in [0.05, 0.1) is 0 Å². The van der Waals surface area contributed by atoms with Crippen molar-refractivity contribution in [3.63, 3.8) is 0 Å². The summed E-state index contributed by atoms with van der Waals surface area (Å²) in [5.41, 5.74) is 2.34. The van der Waals surface area contributed by atoms with Gasteiger partial charge in [-0.1, -0.05) is 11.8 Å². The predicted molar refractivity (Wildman–Crippen MR) is 18.6 cm³/mol. The maximum atomic E-state index is 6.19. The van der Waals surface area contributed by atoms with Crippen LogP contribution in [0.1, 0.15) is 0 Å². The monoisotopic (exact) mass is 66.0 g/mol. The van der Waals surface area contributed by atoms with E-state index in [1.807, 2.05) is 6.07 Å². The largest absolute Gasteiger partial charge is 0.308 e. The van der Waals surface area contributed by atoms with Gasteiger partial charge >= 0.3 is 6.07 Å². The van der Waals surface area contributed by atoms with Crippen LogP contribution in [0.4, 0.5) is 0 Å². The van der Waals surface area contributed by atoms with Crippen molar-refractivity contribution in [2.45, 2.75) is 0 Å². The Labute approximate surface area is 30.8 Å². The summed E-state index contributed by atoms with van der Waals surface area (Å²) in [5.74, 6) is 0. The number of nitrogens with one attached hydrogen (secondary N) is 1. The topological polar surface area (TPSA) is 23.8 Å². The third-order valence-electron chi connectivity index (χ3n) is 0.174. The van der Waals surface area contributed by atoms with E-state index in [2.05, 4.69) is 12.3 Å². The Morgan fingerprint density at radius 1 is 1.80 bits per heavy atom. The Morgan fingerprint density at radius 2 is 2.40 bits per heavy atom. The van der Waals surface area contributed by atoms with Gasteiger partial charge in [0.25, 0.3) is 0 Å². The maximum absolute atomic E-state index is 6.19. The highest BCUT2D eigenvalue weighted by atomic mass is 14.2. The second-order valence-electron chi connectivity index (χ2n) is 0.493. The van der Waals surface area contributed by atoms with Crippen LogP contribution in [0.3, 0.4) is 0 Å². The lowest BCUT2D eigenvalue weighted by atomic mass is 10.7. The average Bonchev–Trinajstić information content (AvgIpc) is 1.41. The summed E-state index contributed by atoms with van der Waals surface area (Å²) in [5, 5.41) is 6.19. The van der Waals surface area contributed by atoms with E-state index in [4.69, 9.17) is 5.26 Å². The van der Waals surface area contributed by atoms with Gasteiger partial charge in [0.2, 0.25) is 0 Å². The summed E-state index contributed by atoms with van der Waals surface area (Å²) in [7, 11) is 0. The first kappa shape index (κ1) is 4.01. The molecule has 0 atom stereocenters. The van der Waals surface area contributed by atoms with Crippen LogP contribution in [0.25, 0.3) is 0 Å². The minimum Gasteiger partial charge on any atom is -0.113 e. The summed E-state index contributed by atoms with van der Waals surface area (Å²) in [4.78, 5) is 0. The molecule has 1 nitrogen and oxygen atoms in total. The molecule has 0 saturated heterocycles. The van der Waals surface area contributed by atoms with Crippen LogP contribution in [0.15, 0.2) is 18.4 Å². The van der Waals surface area contributed by atoms with Gasteiger partial charge in [-0.15, -0.1) is 5.73 Å². The molecule has 0 aromatic rings. The zero-order chi connectivity index (χ0) is 4.12. The summed E-state index contributed by atoms with van der Waals surface area (Å²) in [6.07, 6.45) is 1.31. The lowest BCUT2D eigenvalue weighted by molar-refractivity contribution is -0.0903. The van der Waals surface area contributed by atoms with Crippen LogP contribution >= 0.6 is 0 Å². The Kier molecular flexibility index (Phi) is 2.41. The maximum Gasteiger partial charge on any atom is 0.308 e. The molecule has 0 heterocycles. The molecule has 0 radical (unpaired) electrons.